The fraction of sp³-hybridized carbons (Fsp3) is 0.250. The molecular weight excluding hydrogens is 437 g/mol. The molecular formula is C20H16Cl3N3O3. The summed E-state index contributed by atoms with van der Waals surface area (Å²) in [7, 11) is 1.52. The molecule has 0 fully saturated rings. The molecule has 29 heavy (non-hydrogen) atoms. The van der Waals surface area contributed by atoms with Gasteiger partial charge < -0.3 is 14.5 Å². The Morgan fingerprint density at radius 2 is 1.97 bits per heavy atom. The van der Waals surface area contributed by atoms with E-state index in [0.29, 0.717) is 43.7 Å². The van der Waals surface area contributed by atoms with Crippen molar-refractivity contribution in [2.75, 3.05) is 7.11 Å². The average molecular weight is 453 g/mol. The highest BCUT2D eigenvalue weighted by Crippen LogP contribution is 2.36. The normalized spacial score (nSPS) is 15.7. The minimum absolute atomic E-state index is 0.284. The van der Waals surface area contributed by atoms with Gasteiger partial charge in [0.1, 0.15) is 5.76 Å². The molecule has 4 rings (SSSR count). The Hall–Kier alpha value is -2.28. The third kappa shape index (κ3) is 4.20. The molecule has 0 aliphatic heterocycles. The van der Waals surface area contributed by atoms with Crippen LogP contribution in [0, 0.1) is 0 Å². The standard InChI is InChI=1S/C20H16Cl3N3O3/c1-28-17-8-13(14(23)9-24-17)20-26-16-4-2-3-15(18(16)29-20)25-19(27)10-5-11(21)7-12(22)6-10/h5-9,15H,2-4H2,1H3,(H,25,27)/t15-/m0/s1. The molecule has 1 amide bonds. The summed E-state index contributed by atoms with van der Waals surface area (Å²) in [5.41, 5.74) is 1.77. The first-order valence-corrected chi connectivity index (χ1v) is 10.0. The molecule has 1 aliphatic rings. The Bertz CT molecular complexity index is 1060. The minimum atomic E-state index is -0.312. The van der Waals surface area contributed by atoms with Crippen LogP contribution in [0.15, 0.2) is 34.9 Å². The van der Waals surface area contributed by atoms with Gasteiger partial charge >= 0.3 is 0 Å². The number of benzene rings is 1. The maximum Gasteiger partial charge on any atom is 0.251 e. The van der Waals surface area contributed by atoms with Crippen LogP contribution >= 0.6 is 34.8 Å². The fourth-order valence-electron chi connectivity index (χ4n) is 3.29. The number of nitrogens with one attached hydrogen (secondary N) is 1. The predicted molar refractivity (Wildman–Crippen MR) is 111 cm³/mol. The number of hydrogen-bond acceptors (Lipinski definition) is 5. The largest absolute Gasteiger partial charge is 0.481 e. The lowest BCUT2D eigenvalue weighted by molar-refractivity contribution is 0.0927. The second kappa shape index (κ2) is 8.22. The zero-order valence-corrected chi connectivity index (χ0v) is 17.6. The summed E-state index contributed by atoms with van der Waals surface area (Å²) in [6.07, 6.45) is 3.85. The van der Waals surface area contributed by atoms with Gasteiger partial charge in [0.15, 0.2) is 0 Å². The number of methoxy groups -OCH3 is 1. The summed E-state index contributed by atoms with van der Waals surface area (Å²) in [6.45, 7) is 0. The molecule has 0 bridgehead atoms. The Kier molecular flexibility index (Phi) is 5.67. The topological polar surface area (TPSA) is 77.3 Å². The maximum absolute atomic E-state index is 12.7. The van der Waals surface area contributed by atoms with Gasteiger partial charge in [-0.2, -0.15) is 0 Å². The van der Waals surface area contributed by atoms with Crippen molar-refractivity contribution in [1.82, 2.24) is 15.3 Å². The lowest BCUT2D eigenvalue weighted by Crippen LogP contribution is -2.30. The lowest BCUT2D eigenvalue weighted by Gasteiger charge is -2.21. The Balaban J connectivity index is 1.63. The third-order valence-corrected chi connectivity index (χ3v) is 5.39. The number of amides is 1. The summed E-state index contributed by atoms with van der Waals surface area (Å²) in [5.74, 6) is 1.12. The van der Waals surface area contributed by atoms with Crippen LogP contribution in [0.3, 0.4) is 0 Å². The van der Waals surface area contributed by atoms with Gasteiger partial charge in [-0.25, -0.2) is 9.97 Å². The first-order chi connectivity index (χ1) is 13.9. The summed E-state index contributed by atoms with van der Waals surface area (Å²) >= 11 is 18.3. The van der Waals surface area contributed by atoms with Gasteiger partial charge in [0.05, 0.1) is 35.6 Å². The van der Waals surface area contributed by atoms with Crippen molar-refractivity contribution in [3.8, 4) is 17.3 Å². The smallest absolute Gasteiger partial charge is 0.251 e. The van der Waals surface area contributed by atoms with Gasteiger partial charge in [-0.15, -0.1) is 0 Å². The second-order valence-corrected chi connectivity index (χ2v) is 7.89. The number of nitrogens with zero attached hydrogens (tertiary/aromatic N) is 2. The zero-order chi connectivity index (χ0) is 20.5. The van der Waals surface area contributed by atoms with E-state index in [9.17, 15) is 4.79 Å². The molecule has 1 aromatic carbocycles. The van der Waals surface area contributed by atoms with Gasteiger partial charge in [0.2, 0.25) is 11.8 Å². The Morgan fingerprint density at radius 1 is 1.21 bits per heavy atom. The molecule has 150 valence electrons. The summed E-state index contributed by atoms with van der Waals surface area (Å²) in [5, 5.41) is 4.19. The van der Waals surface area contributed by atoms with Crippen molar-refractivity contribution in [2.45, 2.75) is 25.3 Å². The number of hydrogen-bond donors (Lipinski definition) is 1. The van der Waals surface area contributed by atoms with E-state index >= 15 is 0 Å². The van der Waals surface area contributed by atoms with Crippen molar-refractivity contribution in [3.05, 3.63) is 62.5 Å². The van der Waals surface area contributed by atoms with Gasteiger partial charge in [0.25, 0.3) is 5.91 Å². The van der Waals surface area contributed by atoms with Crippen LogP contribution in [0.25, 0.3) is 11.5 Å². The Morgan fingerprint density at radius 3 is 2.69 bits per heavy atom. The SMILES string of the molecule is COc1cc(-c2nc3c(o2)[C@@H](NC(=O)c2cc(Cl)cc(Cl)c2)CCC3)c(Cl)cn1. The lowest BCUT2D eigenvalue weighted by atomic mass is 9.96. The van der Waals surface area contributed by atoms with Crippen LogP contribution in [-0.2, 0) is 6.42 Å². The molecule has 0 saturated heterocycles. The molecule has 1 N–H and O–H groups in total. The van der Waals surface area contributed by atoms with E-state index in [1.54, 1.807) is 24.3 Å². The molecule has 9 heteroatoms. The number of carbonyl (C=O) groups is 1. The molecule has 2 aromatic heterocycles. The number of halogens is 3. The first kappa shape index (κ1) is 20.0. The number of rotatable bonds is 4. The third-order valence-electron chi connectivity index (χ3n) is 4.65. The van der Waals surface area contributed by atoms with Crippen molar-refractivity contribution in [1.29, 1.82) is 0 Å². The molecule has 0 radical (unpaired) electrons. The first-order valence-electron chi connectivity index (χ1n) is 8.91. The van der Waals surface area contributed by atoms with Crippen LogP contribution in [0.4, 0.5) is 0 Å². The molecule has 2 heterocycles. The highest BCUT2D eigenvalue weighted by molar-refractivity contribution is 6.35. The highest BCUT2D eigenvalue weighted by atomic mass is 35.5. The van der Waals surface area contributed by atoms with Gasteiger partial charge in [-0.05, 0) is 37.5 Å². The van der Waals surface area contributed by atoms with Crippen molar-refractivity contribution in [3.63, 3.8) is 0 Å². The van der Waals surface area contributed by atoms with E-state index in [-0.39, 0.29) is 11.9 Å². The molecule has 0 spiro atoms. The summed E-state index contributed by atoms with van der Waals surface area (Å²) < 4.78 is 11.2. The minimum Gasteiger partial charge on any atom is -0.481 e. The fourth-order valence-corrected chi connectivity index (χ4v) is 4.00. The van der Waals surface area contributed by atoms with Crippen molar-refractivity contribution < 1.29 is 13.9 Å². The molecule has 1 aliphatic carbocycles. The number of ether oxygens (including phenoxy) is 1. The number of pyridine rings is 1. The van der Waals surface area contributed by atoms with Crippen LogP contribution in [0.1, 0.15) is 40.7 Å². The van der Waals surface area contributed by atoms with Crippen molar-refractivity contribution in [2.24, 2.45) is 0 Å². The number of aromatic nitrogens is 2. The number of aryl methyl sites for hydroxylation is 1. The van der Waals surface area contributed by atoms with E-state index in [1.165, 1.54) is 13.3 Å². The van der Waals surface area contributed by atoms with Crippen molar-refractivity contribution >= 4 is 40.7 Å². The maximum atomic E-state index is 12.7. The molecule has 1 atom stereocenters. The Labute approximate surface area is 182 Å². The monoisotopic (exact) mass is 451 g/mol. The van der Waals surface area contributed by atoms with E-state index in [0.717, 1.165) is 25.0 Å². The average Bonchev–Trinajstić information content (AvgIpc) is 3.12. The number of oxazole rings is 1. The van der Waals surface area contributed by atoms with Crippen LogP contribution in [0.2, 0.25) is 15.1 Å². The zero-order valence-electron chi connectivity index (χ0n) is 15.3. The summed E-state index contributed by atoms with van der Waals surface area (Å²) in [4.78, 5) is 21.4. The molecule has 0 saturated carbocycles. The molecule has 0 unspecified atom stereocenters. The number of carbonyl (C=O) groups excluding carboxylic acids is 1. The van der Waals surface area contributed by atoms with Crippen LogP contribution in [-0.4, -0.2) is 23.0 Å². The van der Waals surface area contributed by atoms with E-state index in [1.807, 2.05) is 0 Å². The van der Waals surface area contributed by atoms with E-state index in [4.69, 9.17) is 44.0 Å². The highest BCUT2D eigenvalue weighted by Gasteiger charge is 2.29. The second-order valence-electron chi connectivity index (χ2n) is 6.61. The van der Waals surface area contributed by atoms with E-state index < -0.39 is 0 Å². The number of fused-ring (bicyclic) bond motifs is 1. The predicted octanol–water partition coefficient (Wildman–Crippen LogP) is 5.51. The van der Waals surface area contributed by atoms with Crippen LogP contribution in [0.5, 0.6) is 5.88 Å². The van der Waals surface area contributed by atoms with Gasteiger partial charge in [0, 0.05) is 21.7 Å². The van der Waals surface area contributed by atoms with Crippen LogP contribution < -0.4 is 10.1 Å². The van der Waals surface area contributed by atoms with E-state index in [2.05, 4.69) is 15.3 Å². The molecule has 3 aromatic rings. The molecule has 6 nitrogen and oxygen atoms in total. The van der Waals surface area contributed by atoms with Gasteiger partial charge in [-0.1, -0.05) is 34.8 Å². The summed E-state index contributed by atoms with van der Waals surface area (Å²) in [6, 6.07) is 6.07. The quantitative estimate of drug-likeness (QED) is 0.564. The van der Waals surface area contributed by atoms with Gasteiger partial charge in [-0.3, -0.25) is 4.79 Å².